The van der Waals surface area contributed by atoms with Gasteiger partial charge in [-0.2, -0.15) is 0 Å². The summed E-state index contributed by atoms with van der Waals surface area (Å²) in [4.78, 5) is 47.6. The molecule has 1 heterocycles. The van der Waals surface area contributed by atoms with Gasteiger partial charge in [0, 0.05) is 0 Å². The van der Waals surface area contributed by atoms with E-state index in [1.165, 1.54) is 25.3 Å². The molecule has 0 aromatic heterocycles. The Morgan fingerprint density at radius 3 is 2.42 bits per heavy atom. The largest absolute Gasteiger partial charge is 0.490 e. The van der Waals surface area contributed by atoms with Crippen molar-refractivity contribution in [2.75, 3.05) is 20.3 Å². The molecule has 1 saturated heterocycles. The molecule has 10 nitrogen and oxygen atoms in total. The summed E-state index contributed by atoms with van der Waals surface area (Å²) in [7, 11) is 1.17. The highest BCUT2D eigenvalue weighted by Crippen LogP contribution is 2.30. The van der Waals surface area contributed by atoms with Crippen LogP contribution in [0.3, 0.4) is 0 Å². The van der Waals surface area contributed by atoms with E-state index in [0.717, 1.165) is 10.5 Å². The average Bonchev–Trinajstić information content (AvgIpc) is 3.06. The number of benzene rings is 2. The maximum Gasteiger partial charge on any atom is 0.335 e. The Morgan fingerprint density at radius 2 is 1.79 bits per heavy atom. The summed E-state index contributed by atoms with van der Waals surface area (Å²) in [6, 6.07) is 10.6. The normalized spacial score (nSPS) is 14.2. The summed E-state index contributed by atoms with van der Waals surface area (Å²) in [6.07, 6.45) is 1.47. The molecule has 0 radical (unpaired) electrons. The molecule has 0 atom stereocenters. The summed E-state index contributed by atoms with van der Waals surface area (Å²) in [5, 5.41) is 11.4. The fourth-order valence-electron chi connectivity index (χ4n) is 2.98. The molecule has 2 aromatic carbocycles. The van der Waals surface area contributed by atoms with Gasteiger partial charge < -0.3 is 24.6 Å². The molecule has 172 valence electrons. The van der Waals surface area contributed by atoms with Crippen LogP contribution in [0.2, 0.25) is 0 Å². The maximum atomic E-state index is 12.4. The van der Waals surface area contributed by atoms with Gasteiger partial charge in [0.1, 0.15) is 18.8 Å². The van der Waals surface area contributed by atoms with Crippen molar-refractivity contribution < 1.29 is 38.5 Å². The van der Waals surface area contributed by atoms with Gasteiger partial charge in [-0.15, -0.1) is 0 Å². The molecular formula is C23H22N2O8. The third kappa shape index (κ3) is 5.67. The molecule has 3 rings (SSSR count). The number of ether oxygens (including phenoxy) is 3. The molecule has 0 aliphatic carbocycles. The molecule has 2 aromatic rings. The number of carboxylic acids is 1. The van der Waals surface area contributed by atoms with Gasteiger partial charge in [-0.1, -0.05) is 18.2 Å². The van der Waals surface area contributed by atoms with E-state index in [-0.39, 0.29) is 17.9 Å². The molecular weight excluding hydrogens is 432 g/mol. The van der Waals surface area contributed by atoms with Gasteiger partial charge in [0.25, 0.3) is 5.91 Å². The SMILES string of the molecule is CCOc1cc(/C=C2/NC(=O)N(CC(=O)OC)C2=O)ccc1OCc1ccc(C(=O)O)cc1. The number of nitrogens with zero attached hydrogens (tertiary/aromatic N) is 1. The van der Waals surface area contributed by atoms with E-state index in [9.17, 15) is 19.2 Å². The van der Waals surface area contributed by atoms with Crippen LogP contribution in [0, 0.1) is 0 Å². The first kappa shape index (κ1) is 23.3. The van der Waals surface area contributed by atoms with E-state index in [4.69, 9.17) is 14.6 Å². The van der Waals surface area contributed by atoms with E-state index in [1.807, 2.05) is 6.92 Å². The molecule has 0 saturated carbocycles. The van der Waals surface area contributed by atoms with Crippen LogP contribution in [0.15, 0.2) is 48.2 Å². The fourth-order valence-corrected chi connectivity index (χ4v) is 2.98. The van der Waals surface area contributed by atoms with Crippen molar-refractivity contribution in [2.45, 2.75) is 13.5 Å². The van der Waals surface area contributed by atoms with Crippen LogP contribution in [-0.4, -0.2) is 54.1 Å². The second-order valence-electron chi connectivity index (χ2n) is 6.89. The zero-order chi connectivity index (χ0) is 24.0. The molecule has 1 fully saturated rings. The number of hydrogen-bond donors (Lipinski definition) is 2. The molecule has 0 spiro atoms. The first-order chi connectivity index (χ1) is 15.8. The molecule has 0 unspecified atom stereocenters. The number of imide groups is 1. The number of aromatic carboxylic acids is 1. The molecule has 2 N–H and O–H groups in total. The van der Waals surface area contributed by atoms with Crippen molar-refractivity contribution in [1.29, 1.82) is 0 Å². The van der Waals surface area contributed by atoms with Crippen LogP contribution in [0.25, 0.3) is 6.08 Å². The van der Waals surface area contributed by atoms with Crippen LogP contribution in [0.4, 0.5) is 4.79 Å². The fraction of sp³-hybridized carbons (Fsp3) is 0.217. The van der Waals surface area contributed by atoms with Crippen LogP contribution < -0.4 is 14.8 Å². The van der Waals surface area contributed by atoms with Gasteiger partial charge in [0.2, 0.25) is 0 Å². The van der Waals surface area contributed by atoms with Gasteiger partial charge in [-0.25, -0.2) is 14.5 Å². The van der Waals surface area contributed by atoms with E-state index in [2.05, 4.69) is 10.1 Å². The average molecular weight is 454 g/mol. The Balaban J connectivity index is 1.75. The number of rotatable bonds is 9. The summed E-state index contributed by atoms with van der Waals surface area (Å²) >= 11 is 0. The third-order valence-electron chi connectivity index (χ3n) is 4.65. The van der Waals surface area contributed by atoms with E-state index < -0.39 is 30.4 Å². The Hall–Kier alpha value is -4.34. The standard InChI is InChI=1S/C23H22N2O8/c1-3-32-19-11-15(10-17-21(27)25(23(30)24-17)12-20(26)31-2)6-9-18(19)33-13-14-4-7-16(8-5-14)22(28)29/h4-11H,3,12-13H2,1-2H3,(H,24,30)(H,28,29)/b17-10+. The number of nitrogens with one attached hydrogen (secondary N) is 1. The summed E-state index contributed by atoms with van der Waals surface area (Å²) in [5.74, 6) is -1.48. The minimum atomic E-state index is -1.00. The first-order valence-corrected chi connectivity index (χ1v) is 9.95. The second kappa shape index (κ2) is 10.3. The predicted molar refractivity (Wildman–Crippen MR) is 116 cm³/mol. The van der Waals surface area contributed by atoms with E-state index in [0.29, 0.717) is 23.7 Å². The number of carboxylic acid groups (broad SMARTS) is 1. The zero-order valence-electron chi connectivity index (χ0n) is 18.0. The van der Waals surface area contributed by atoms with Gasteiger partial charge in [-0.3, -0.25) is 9.59 Å². The third-order valence-corrected chi connectivity index (χ3v) is 4.65. The topological polar surface area (TPSA) is 131 Å². The molecule has 3 amide bonds. The highest BCUT2D eigenvalue weighted by molar-refractivity contribution is 6.15. The van der Waals surface area contributed by atoms with Crippen LogP contribution in [0.5, 0.6) is 11.5 Å². The molecule has 1 aliphatic heterocycles. The summed E-state index contributed by atoms with van der Waals surface area (Å²) < 4.78 is 16.0. The van der Waals surface area contributed by atoms with Crippen molar-refractivity contribution in [3.63, 3.8) is 0 Å². The number of carbonyl (C=O) groups is 4. The van der Waals surface area contributed by atoms with Crippen LogP contribution >= 0.6 is 0 Å². The van der Waals surface area contributed by atoms with Crippen molar-refractivity contribution in [2.24, 2.45) is 0 Å². The quantitative estimate of drug-likeness (QED) is 0.336. The Morgan fingerprint density at radius 1 is 1.06 bits per heavy atom. The Kier molecular flexibility index (Phi) is 7.29. The number of urea groups is 1. The van der Waals surface area contributed by atoms with Gasteiger partial charge in [-0.05, 0) is 48.4 Å². The Bertz CT molecular complexity index is 1110. The molecule has 0 bridgehead atoms. The van der Waals surface area contributed by atoms with Gasteiger partial charge >= 0.3 is 18.0 Å². The second-order valence-corrected chi connectivity index (χ2v) is 6.89. The number of methoxy groups -OCH3 is 1. The molecule has 1 aliphatic rings. The molecule has 33 heavy (non-hydrogen) atoms. The molecule has 10 heteroatoms. The monoisotopic (exact) mass is 454 g/mol. The summed E-state index contributed by atoms with van der Waals surface area (Å²) in [6.45, 7) is 1.89. The van der Waals surface area contributed by atoms with Crippen molar-refractivity contribution >= 4 is 30.0 Å². The highest BCUT2D eigenvalue weighted by Gasteiger charge is 2.35. The number of amides is 3. The van der Waals surface area contributed by atoms with Crippen molar-refractivity contribution in [1.82, 2.24) is 10.2 Å². The number of carbonyl (C=O) groups excluding carboxylic acids is 3. The number of hydrogen-bond acceptors (Lipinski definition) is 7. The lowest BCUT2D eigenvalue weighted by Gasteiger charge is -2.13. The Labute approximate surface area is 189 Å². The van der Waals surface area contributed by atoms with Crippen LogP contribution in [0.1, 0.15) is 28.4 Å². The lowest BCUT2D eigenvalue weighted by atomic mass is 10.1. The van der Waals surface area contributed by atoms with E-state index in [1.54, 1.807) is 30.3 Å². The predicted octanol–water partition coefficient (Wildman–Crippen LogP) is 2.43. The minimum Gasteiger partial charge on any atom is -0.490 e. The van der Waals surface area contributed by atoms with E-state index >= 15 is 0 Å². The zero-order valence-corrected chi connectivity index (χ0v) is 18.0. The van der Waals surface area contributed by atoms with Gasteiger partial charge in [0.05, 0.1) is 19.3 Å². The van der Waals surface area contributed by atoms with Gasteiger partial charge in [0.15, 0.2) is 11.5 Å². The maximum absolute atomic E-state index is 12.4. The van der Waals surface area contributed by atoms with Crippen LogP contribution in [-0.2, 0) is 20.9 Å². The van der Waals surface area contributed by atoms with Crippen molar-refractivity contribution in [3.8, 4) is 11.5 Å². The van der Waals surface area contributed by atoms with Crippen molar-refractivity contribution in [3.05, 3.63) is 64.9 Å². The minimum absolute atomic E-state index is 0.0125. The lowest BCUT2D eigenvalue weighted by molar-refractivity contribution is -0.143. The summed E-state index contributed by atoms with van der Waals surface area (Å²) in [5.41, 5.74) is 1.54. The lowest BCUT2D eigenvalue weighted by Crippen LogP contribution is -2.36. The number of esters is 1. The first-order valence-electron chi connectivity index (χ1n) is 9.95. The smallest absolute Gasteiger partial charge is 0.335 e. The highest BCUT2D eigenvalue weighted by atomic mass is 16.5.